The molecule has 1 N–H and O–H groups in total. The van der Waals surface area contributed by atoms with Crippen LogP contribution in [-0.2, 0) is 4.79 Å². The van der Waals surface area contributed by atoms with E-state index in [0.717, 1.165) is 0 Å². The summed E-state index contributed by atoms with van der Waals surface area (Å²) < 4.78 is 10.6. The second-order valence-corrected chi connectivity index (χ2v) is 4.62. The zero-order valence-corrected chi connectivity index (χ0v) is 12.5. The van der Waals surface area contributed by atoms with Crippen molar-refractivity contribution in [2.24, 2.45) is 0 Å². The van der Waals surface area contributed by atoms with E-state index in [9.17, 15) is 9.59 Å². The first-order chi connectivity index (χ1) is 10.6. The number of rotatable bonds is 6. The lowest BCUT2D eigenvalue weighted by atomic mass is 10.1. The third kappa shape index (κ3) is 4.09. The Hall–Kier alpha value is -2.82. The molecule has 114 valence electrons. The van der Waals surface area contributed by atoms with E-state index < -0.39 is 0 Å². The number of methoxy groups -OCH3 is 1. The van der Waals surface area contributed by atoms with E-state index in [2.05, 4.69) is 5.32 Å². The number of Topliss-reactive ketones (excluding diaryl/α,β-unsaturated/α-hetero) is 1. The van der Waals surface area contributed by atoms with Crippen molar-refractivity contribution in [1.29, 1.82) is 0 Å². The highest BCUT2D eigenvalue weighted by molar-refractivity contribution is 5.95. The fourth-order valence-corrected chi connectivity index (χ4v) is 1.87. The zero-order valence-electron chi connectivity index (χ0n) is 12.5. The molecule has 0 saturated carbocycles. The van der Waals surface area contributed by atoms with Gasteiger partial charge in [-0.2, -0.15) is 0 Å². The van der Waals surface area contributed by atoms with Gasteiger partial charge in [0.15, 0.2) is 23.9 Å². The highest BCUT2D eigenvalue weighted by atomic mass is 16.5. The number of carbonyl (C=O) groups excluding carboxylic acids is 2. The second-order valence-electron chi connectivity index (χ2n) is 4.62. The third-order valence-corrected chi connectivity index (χ3v) is 2.99. The summed E-state index contributed by atoms with van der Waals surface area (Å²) in [6.07, 6.45) is 0. The molecule has 0 unspecified atom stereocenters. The van der Waals surface area contributed by atoms with Gasteiger partial charge < -0.3 is 14.8 Å². The van der Waals surface area contributed by atoms with E-state index >= 15 is 0 Å². The molecule has 0 aliphatic heterocycles. The topological polar surface area (TPSA) is 64.6 Å². The van der Waals surface area contributed by atoms with Gasteiger partial charge in [0, 0.05) is 11.3 Å². The quantitative estimate of drug-likeness (QED) is 0.833. The van der Waals surface area contributed by atoms with Crippen LogP contribution < -0.4 is 14.8 Å². The van der Waals surface area contributed by atoms with Crippen molar-refractivity contribution in [3.05, 3.63) is 54.1 Å². The minimum absolute atomic E-state index is 0.0633. The van der Waals surface area contributed by atoms with Crippen molar-refractivity contribution < 1.29 is 19.1 Å². The van der Waals surface area contributed by atoms with Crippen LogP contribution in [0.3, 0.4) is 0 Å². The predicted molar refractivity (Wildman–Crippen MR) is 83.6 cm³/mol. The Morgan fingerprint density at radius 1 is 1.05 bits per heavy atom. The van der Waals surface area contributed by atoms with Gasteiger partial charge in [0.1, 0.15) is 0 Å². The molecule has 5 heteroatoms. The number of benzene rings is 2. The standard InChI is InChI=1S/C17H17NO4/c1-12(19)13-8-9-15(16(10-13)21-2)22-11-17(20)18-14-6-4-3-5-7-14/h3-10H,11H2,1-2H3,(H,18,20). The molecule has 1 amide bonds. The van der Waals surface area contributed by atoms with Crippen molar-refractivity contribution in [3.8, 4) is 11.5 Å². The van der Waals surface area contributed by atoms with E-state index in [1.807, 2.05) is 18.2 Å². The van der Waals surface area contributed by atoms with Gasteiger partial charge in [0.25, 0.3) is 5.91 Å². The molecular formula is C17H17NO4. The lowest BCUT2D eigenvalue weighted by molar-refractivity contribution is -0.118. The van der Waals surface area contributed by atoms with Crippen LogP contribution in [-0.4, -0.2) is 25.4 Å². The first-order valence-electron chi connectivity index (χ1n) is 6.77. The van der Waals surface area contributed by atoms with Crippen LogP contribution in [0.5, 0.6) is 11.5 Å². The third-order valence-electron chi connectivity index (χ3n) is 2.99. The maximum Gasteiger partial charge on any atom is 0.262 e. The van der Waals surface area contributed by atoms with Crippen LogP contribution >= 0.6 is 0 Å². The number of hydrogen-bond donors (Lipinski definition) is 1. The number of ketones is 1. The van der Waals surface area contributed by atoms with Crippen LogP contribution in [0.15, 0.2) is 48.5 Å². The van der Waals surface area contributed by atoms with Gasteiger partial charge in [-0.1, -0.05) is 18.2 Å². The number of ether oxygens (including phenoxy) is 2. The van der Waals surface area contributed by atoms with Gasteiger partial charge in [-0.05, 0) is 37.3 Å². The van der Waals surface area contributed by atoms with Gasteiger partial charge in [0.05, 0.1) is 7.11 Å². The second kappa shape index (κ2) is 7.26. The average Bonchev–Trinajstić information content (AvgIpc) is 2.53. The van der Waals surface area contributed by atoms with Crippen molar-refractivity contribution in [2.75, 3.05) is 19.0 Å². The Morgan fingerprint density at radius 2 is 1.77 bits per heavy atom. The van der Waals surface area contributed by atoms with Crippen molar-refractivity contribution >= 4 is 17.4 Å². The molecule has 5 nitrogen and oxygen atoms in total. The van der Waals surface area contributed by atoms with Crippen molar-refractivity contribution in [1.82, 2.24) is 0 Å². The molecular weight excluding hydrogens is 282 g/mol. The van der Waals surface area contributed by atoms with Crippen LogP contribution in [0.1, 0.15) is 17.3 Å². The Bertz CT molecular complexity index is 668. The maximum absolute atomic E-state index is 11.8. The summed E-state index contributed by atoms with van der Waals surface area (Å²) in [5.74, 6) is 0.492. The highest BCUT2D eigenvalue weighted by Gasteiger charge is 2.10. The van der Waals surface area contributed by atoms with Crippen molar-refractivity contribution in [3.63, 3.8) is 0 Å². The first-order valence-corrected chi connectivity index (χ1v) is 6.77. The van der Waals surface area contributed by atoms with Crippen molar-refractivity contribution in [2.45, 2.75) is 6.92 Å². The Morgan fingerprint density at radius 3 is 2.41 bits per heavy atom. The molecule has 0 aliphatic carbocycles. The Kier molecular flexibility index (Phi) is 5.14. The molecule has 0 bridgehead atoms. The van der Waals surface area contributed by atoms with Crippen LogP contribution in [0.2, 0.25) is 0 Å². The smallest absolute Gasteiger partial charge is 0.262 e. The van der Waals surface area contributed by atoms with Gasteiger partial charge in [-0.15, -0.1) is 0 Å². The maximum atomic E-state index is 11.8. The van der Waals surface area contributed by atoms with Crippen LogP contribution in [0, 0.1) is 0 Å². The average molecular weight is 299 g/mol. The molecule has 0 heterocycles. The van der Waals surface area contributed by atoms with E-state index in [0.29, 0.717) is 22.7 Å². The van der Waals surface area contributed by atoms with Gasteiger partial charge >= 0.3 is 0 Å². The summed E-state index contributed by atoms with van der Waals surface area (Å²) in [7, 11) is 1.48. The first kappa shape index (κ1) is 15.6. The number of anilines is 1. The van der Waals surface area contributed by atoms with Gasteiger partial charge in [0.2, 0.25) is 0 Å². The summed E-state index contributed by atoms with van der Waals surface area (Å²) in [4.78, 5) is 23.2. The van der Waals surface area contributed by atoms with Crippen LogP contribution in [0.25, 0.3) is 0 Å². The normalized spacial score (nSPS) is 9.91. The molecule has 0 radical (unpaired) electrons. The Labute approximate surface area is 128 Å². The minimum Gasteiger partial charge on any atom is -0.493 e. The number of para-hydroxylation sites is 1. The number of nitrogens with one attached hydrogen (secondary N) is 1. The highest BCUT2D eigenvalue weighted by Crippen LogP contribution is 2.28. The molecule has 2 aromatic carbocycles. The molecule has 2 rings (SSSR count). The molecule has 0 saturated heterocycles. The molecule has 0 fully saturated rings. The SMILES string of the molecule is COc1cc(C(C)=O)ccc1OCC(=O)Nc1ccccc1. The lowest BCUT2D eigenvalue weighted by Gasteiger charge is -2.11. The monoisotopic (exact) mass is 299 g/mol. The zero-order chi connectivity index (χ0) is 15.9. The summed E-state index contributed by atoms with van der Waals surface area (Å²) in [6.45, 7) is 1.33. The fourth-order valence-electron chi connectivity index (χ4n) is 1.87. The Balaban J connectivity index is 1.99. The summed E-state index contributed by atoms with van der Waals surface area (Å²) in [6, 6.07) is 14.0. The molecule has 0 aliphatic rings. The molecule has 22 heavy (non-hydrogen) atoms. The van der Waals surface area contributed by atoms with E-state index in [1.54, 1.807) is 30.3 Å². The van der Waals surface area contributed by atoms with Crippen LogP contribution in [0.4, 0.5) is 5.69 Å². The molecule has 0 atom stereocenters. The molecule has 0 spiro atoms. The fraction of sp³-hybridized carbons (Fsp3) is 0.176. The lowest BCUT2D eigenvalue weighted by Crippen LogP contribution is -2.20. The van der Waals surface area contributed by atoms with Gasteiger partial charge in [-0.25, -0.2) is 0 Å². The van der Waals surface area contributed by atoms with Gasteiger partial charge in [-0.3, -0.25) is 9.59 Å². The largest absolute Gasteiger partial charge is 0.493 e. The summed E-state index contributed by atoms with van der Waals surface area (Å²) in [5.41, 5.74) is 1.23. The van der Waals surface area contributed by atoms with E-state index in [-0.39, 0.29) is 18.3 Å². The number of carbonyl (C=O) groups is 2. The summed E-state index contributed by atoms with van der Waals surface area (Å²) >= 11 is 0. The summed E-state index contributed by atoms with van der Waals surface area (Å²) in [5, 5.41) is 2.72. The van der Waals surface area contributed by atoms with E-state index in [1.165, 1.54) is 14.0 Å². The van der Waals surface area contributed by atoms with E-state index in [4.69, 9.17) is 9.47 Å². The number of amides is 1. The molecule has 2 aromatic rings. The minimum atomic E-state index is -0.274. The number of hydrogen-bond acceptors (Lipinski definition) is 4. The molecule has 0 aromatic heterocycles. The predicted octanol–water partition coefficient (Wildman–Crippen LogP) is 2.92.